The Bertz CT molecular complexity index is 1370. The lowest BCUT2D eigenvalue weighted by atomic mass is 10.0. The Morgan fingerprint density at radius 3 is 2.45 bits per heavy atom. The molecule has 0 aliphatic carbocycles. The molecule has 1 aliphatic heterocycles. The standard InChI is InChI=1S/C25H20N2O5S/c1-13-4-8-20(15(3)10-13)27-23(29)19(22(28)26-25(27)33)12-17-6-9-21(32-17)18-7-5-16(24(30)31)11-14(18)2/h4-12H,1-3H3,(H,30,31)(H,26,28,33)/b19-12+. The van der Waals surface area contributed by atoms with Gasteiger partial charge in [-0.25, -0.2) is 4.79 Å². The Labute approximate surface area is 195 Å². The largest absolute Gasteiger partial charge is 0.478 e. The van der Waals surface area contributed by atoms with Crippen LogP contribution in [0.25, 0.3) is 17.4 Å². The summed E-state index contributed by atoms with van der Waals surface area (Å²) in [7, 11) is 0. The number of benzene rings is 2. The molecule has 4 rings (SSSR count). The van der Waals surface area contributed by atoms with Crippen molar-refractivity contribution in [3.05, 3.63) is 82.1 Å². The van der Waals surface area contributed by atoms with Crippen LogP contribution in [-0.4, -0.2) is 28.0 Å². The number of hydrogen-bond donors (Lipinski definition) is 2. The minimum Gasteiger partial charge on any atom is -0.478 e. The van der Waals surface area contributed by atoms with E-state index in [2.05, 4.69) is 5.32 Å². The number of carbonyl (C=O) groups is 3. The van der Waals surface area contributed by atoms with Crippen molar-refractivity contribution in [3.8, 4) is 11.3 Å². The van der Waals surface area contributed by atoms with Gasteiger partial charge in [-0.15, -0.1) is 0 Å². The maximum Gasteiger partial charge on any atom is 0.335 e. The van der Waals surface area contributed by atoms with Crippen LogP contribution in [0.2, 0.25) is 0 Å². The number of aryl methyl sites for hydroxylation is 3. The summed E-state index contributed by atoms with van der Waals surface area (Å²) in [6, 6.07) is 13.6. The summed E-state index contributed by atoms with van der Waals surface area (Å²) in [6.07, 6.45) is 1.38. The molecular formula is C25H20N2O5S. The van der Waals surface area contributed by atoms with Gasteiger partial charge < -0.3 is 9.52 Å². The zero-order valence-electron chi connectivity index (χ0n) is 18.1. The zero-order chi connectivity index (χ0) is 23.9. The van der Waals surface area contributed by atoms with Crippen LogP contribution in [-0.2, 0) is 9.59 Å². The molecule has 0 unspecified atom stereocenters. The predicted molar refractivity (Wildman–Crippen MR) is 128 cm³/mol. The Morgan fingerprint density at radius 2 is 1.79 bits per heavy atom. The highest BCUT2D eigenvalue weighted by atomic mass is 32.1. The third kappa shape index (κ3) is 4.20. The first-order valence-corrected chi connectivity index (χ1v) is 10.5. The second-order valence-electron chi connectivity index (χ2n) is 7.78. The predicted octanol–water partition coefficient (Wildman–Crippen LogP) is 4.40. The summed E-state index contributed by atoms with van der Waals surface area (Å²) in [5, 5.41) is 11.7. The van der Waals surface area contributed by atoms with Crippen molar-refractivity contribution in [2.75, 3.05) is 4.90 Å². The number of carbonyl (C=O) groups excluding carboxylic acids is 2. The quantitative estimate of drug-likeness (QED) is 0.340. The summed E-state index contributed by atoms with van der Waals surface area (Å²) in [4.78, 5) is 38.3. The molecule has 1 saturated heterocycles. The number of amides is 2. The van der Waals surface area contributed by atoms with Crippen molar-refractivity contribution >= 4 is 46.9 Å². The molecule has 1 fully saturated rings. The van der Waals surface area contributed by atoms with Crippen molar-refractivity contribution in [3.63, 3.8) is 0 Å². The lowest BCUT2D eigenvalue weighted by Gasteiger charge is -2.30. The molecule has 2 N–H and O–H groups in total. The number of furan rings is 1. The van der Waals surface area contributed by atoms with Crippen molar-refractivity contribution in [2.24, 2.45) is 0 Å². The highest BCUT2D eigenvalue weighted by Gasteiger charge is 2.35. The van der Waals surface area contributed by atoms with Crippen LogP contribution < -0.4 is 10.2 Å². The van der Waals surface area contributed by atoms with E-state index < -0.39 is 17.8 Å². The van der Waals surface area contributed by atoms with Crippen LogP contribution in [0.5, 0.6) is 0 Å². The molecule has 2 heterocycles. The average molecular weight is 461 g/mol. The van der Waals surface area contributed by atoms with E-state index >= 15 is 0 Å². The van der Waals surface area contributed by atoms with E-state index in [9.17, 15) is 14.4 Å². The van der Waals surface area contributed by atoms with E-state index in [1.165, 1.54) is 17.0 Å². The number of carboxylic acid groups (broad SMARTS) is 1. The highest BCUT2D eigenvalue weighted by Crippen LogP contribution is 2.29. The third-order valence-electron chi connectivity index (χ3n) is 5.35. The van der Waals surface area contributed by atoms with Gasteiger partial charge in [-0.1, -0.05) is 23.8 Å². The van der Waals surface area contributed by atoms with E-state index in [1.807, 2.05) is 26.0 Å². The number of thiocarbonyl (C=S) groups is 1. The number of nitrogens with one attached hydrogen (secondary N) is 1. The highest BCUT2D eigenvalue weighted by molar-refractivity contribution is 7.80. The van der Waals surface area contributed by atoms with Crippen LogP contribution in [0.15, 0.2) is 58.5 Å². The fourth-order valence-corrected chi connectivity index (χ4v) is 4.00. The molecule has 1 aliphatic rings. The van der Waals surface area contributed by atoms with Gasteiger partial charge in [0, 0.05) is 5.56 Å². The Balaban J connectivity index is 1.68. The lowest BCUT2D eigenvalue weighted by molar-refractivity contribution is -0.122. The monoisotopic (exact) mass is 460 g/mol. The molecule has 166 valence electrons. The van der Waals surface area contributed by atoms with E-state index in [0.717, 1.165) is 16.7 Å². The van der Waals surface area contributed by atoms with Crippen molar-refractivity contribution in [1.82, 2.24) is 5.32 Å². The van der Waals surface area contributed by atoms with Gasteiger partial charge >= 0.3 is 5.97 Å². The summed E-state index contributed by atoms with van der Waals surface area (Å²) >= 11 is 5.27. The molecule has 0 saturated carbocycles. The van der Waals surface area contributed by atoms with Crippen LogP contribution in [0.3, 0.4) is 0 Å². The molecule has 33 heavy (non-hydrogen) atoms. The minimum atomic E-state index is -1.01. The van der Waals surface area contributed by atoms with Gasteiger partial charge in [0.25, 0.3) is 11.8 Å². The van der Waals surface area contributed by atoms with Gasteiger partial charge in [-0.2, -0.15) is 0 Å². The summed E-state index contributed by atoms with van der Waals surface area (Å²) in [5.74, 6) is -1.37. The van der Waals surface area contributed by atoms with Crippen LogP contribution >= 0.6 is 12.2 Å². The van der Waals surface area contributed by atoms with Gasteiger partial charge in [0.2, 0.25) is 0 Å². The summed E-state index contributed by atoms with van der Waals surface area (Å²) in [6.45, 7) is 5.60. The van der Waals surface area contributed by atoms with Crippen molar-refractivity contribution < 1.29 is 23.9 Å². The zero-order valence-corrected chi connectivity index (χ0v) is 18.9. The molecule has 2 aromatic carbocycles. The summed E-state index contributed by atoms with van der Waals surface area (Å²) in [5.41, 5.74) is 3.99. The Kier molecular flexibility index (Phi) is 5.69. The molecule has 2 amide bonds. The van der Waals surface area contributed by atoms with E-state index in [-0.39, 0.29) is 16.2 Å². The average Bonchev–Trinajstić information content (AvgIpc) is 3.20. The first-order valence-electron chi connectivity index (χ1n) is 10.1. The second-order valence-corrected chi connectivity index (χ2v) is 8.17. The van der Waals surface area contributed by atoms with Crippen LogP contribution in [0, 0.1) is 20.8 Å². The fourth-order valence-electron chi connectivity index (χ4n) is 3.72. The topological polar surface area (TPSA) is 99.8 Å². The van der Waals surface area contributed by atoms with E-state index in [0.29, 0.717) is 22.8 Å². The molecule has 8 heteroatoms. The van der Waals surface area contributed by atoms with Crippen molar-refractivity contribution in [1.29, 1.82) is 0 Å². The van der Waals surface area contributed by atoms with Crippen molar-refractivity contribution in [2.45, 2.75) is 20.8 Å². The lowest BCUT2D eigenvalue weighted by Crippen LogP contribution is -2.54. The first kappa shape index (κ1) is 22.2. The molecule has 0 radical (unpaired) electrons. The molecule has 7 nitrogen and oxygen atoms in total. The van der Waals surface area contributed by atoms with Gasteiger partial charge in [-0.05, 0) is 80.5 Å². The molecule has 0 bridgehead atoms. The third-order valence-corrected chi connectivity index (χ3v) is 5.63. The number of carboxylic acids is 1. The second kappa shape index (κ2) is 8.48. The molecule has 3 aromatic rings. The number of anilines is 1. The maximum absolute atomic E-state index is 13.2. The van der Waals surface area contributed by atoms with Crippen LogP contribution in [0.4, 0.5) is 5.69 Å². The van der Waals surface area contributed by atoms with Crippen LogP contribution in [0.1, 0.15) is 32.8 Å². The van der Waals surface area contributed by atoms with Gasteiger partial charge in [-0.3, -0.25) is 19.8 Å². The molecular weight excluding hydrogens is 440 g/mol. The maximum atomic E-state index is 13.2. The number of nitrogens with zero attached hydrogens (tertiary/aromatic N) is 1. The van der Waals surface area contributed by atoms with E-state index in [4.69, 9.17) is 21.7 Å². The molecule has 1 aromatic heterocycles. The number of rotatable bonds is 4. The molecule has 0 spiro atoms. The normalized spacial score (nSPS) is 15.2. The number of hydrogen-bond acceptors (Lipinski definition) is 5. The number of aromatic carboxylic acids is 1. The Hall–Kier alpha value is -4.04. The Morgan fingerprint density at radius 1 is 1.03 bits per heavy atom. The SMILES string of the molecule is Cc1ccc(N2C(=O)/C(=C/c3ccc(-c4ccc(C(=O)O)cc4C)o3)C(=O)NC2=S)c(C)c1. The van der Waals surface area contributed by atoms with Gasteiger partial charge in [0.1, 0.15) is 17.1 Å². The van der Waals surface area contributed by atoms with E-state index in [1.54, 1.807) is 37.3 Å². The smallest absolute Gasteiger partial charge is 0.335 e. The summed E-state index contributed by atoms with van der Waals surface area (Å²) < 4.78 is 5.85. The van der Waals surface area contributed by atoms with Gasteiger partial charge in [0.15, 0.2) is 5.11 Å². The van der Waals surface area contributed by atoms with Gasteiger partial charge in [0.05, 0.1) is 11.3 Å². The fraction of sp³-hybridized carbons (Fsp3) is 0.120. The molecule has 0 atom stereocenters. The minimum absolute atomic E-state index is 0.0170. The first-order chi connectivity index (χ1) is 15.7.